The van der Waals surface area contributed by atoms with Crippen molar-refractivity contribution in [2.75, 3.05) is 24.5 Å². The fourth-order valence-corrected chi connectivity index (χ4v) is 2.92. The van der Waals surface area contributed by atoms with Crippen molar-refractivity contribution >= 4 is 5.95 Å². The van der Waals surface area contributed by atoms with Crippen LogP contribution < -0.4 is 10.2 Å². The summed E-state index contributed by atoms with van der Waals surface area (Å²) < 4.78 is 2.24. The van der Waals surface area contributed by atoms with Gasteiger partial charge < -0.3 is 14.8 Å². The Hall–Kier alpha value is -1.03. The van der Waals surface area contributed by atoms with E-state index in [-0.39, 0.29) is 0 Å². The highest BCUT2D eigenvalue weighted by Gasteiger charge is 2.26. The highest BCUT2D eigenvalue weighted by molar-refractivity contribution is 5.32. The van der Waals surface area contributed by atoms with Crippen LogP contribution in [0.1, 0.15) is 33.6 Å². The molecule has 18 heavy (non-hydrogen) atoms. The van der Waals surface area contributed by atoms with E-state index in [0.29, 0.717) is 6.04 Å². The molecule has 1 N–H and O–H groups in total. The largest absolute Gasteiger partial charge is 0.342 e. The van der Waals surface area contributed by atoms with Gasteiger partial charge in [-0.15, -0.1) is 0 Å². The van der Waals surface area contributed by atoms with Gasteiger partial charge in [0.05, 0.1) is 0 Å². The van der Waals surface area contributed by atoms with Crippen LogP contribution in [0.3, 0.4) is 0 Å². The standard InChI is InChI=1S/C14H26N4/c1-4-15-12(3)13-7-6-9-18(11-13)14-16-8-10-17(14)5-2/h8,10,12-13,15H,4-7,9,11H2,1-3H3. The quantitative estimate of drug-likeness (QED) is 0.869. The van der Waals surface area contributed by atoms with E-state index in [4.69, 9.17) is 0 Å². The van der Waals surface area contributed by atoms with Gasteiger partial charge in [-0.3, -0.25) is 0 Å². The maximum atomic E-state index is 4.52. The van der Waals surface area contributed by atoms with Gasteiger partial charge in [0.1, 0.15) is 0 Å². The Kier molecular flexibility index (Phi) is 4.64. The molecular formula is C14H26N4. The van der Waals surface area contributed by atoms with Crippen LogP contribution >= 0.6 is 0 Å². The van der Waals surface area contributed by atoms with Gasteiger partial charge in [-0.05, 0) is 39.2 Å². The van der Waals surface area contributed by atoms with Crippen molar-refractivity contribution in [1.82, 2.24) is 14.9 Å². The van der Waals surface area contributed by atoms with Crippen molar-refractivity contribution in [3.8, 4) is 0 Å². The number of nitrogens with zero attached hydrogens (tertiary/aromatic N) is 3. The van der Waals surface area contributed by atoms with Crippen molar-refractivity contribution < 1.29 is 0 Å². The van der Waals surface area contributed by atoms with Gasteiger partial charge in [-0.1, -0.05) is 6.92 Å². The molecule has 2 atom stereocenters. The SMILES string of the molecule is CCNC(C)C1CCCN(c2nccn2CC)C1. The number of anilines is 1. The molecule has 0 saturated carbocycles. The van der Waals surface area contributed by atoms with Crippen LogP contribution in [0.5, 0.6) is 0 Å². The molecule has 2 unspecified atom stereocenters. The predicted molar refractivity (Wildman–Crippen MR) is 76.0 cm³/mol. The molecule has 4 nitrogen and oxygen atoms in total. The van der Waals surface area contributed by atoms with Crippen LogP contribution in [0, 0.1) is 5.92 Å². The normalized spacial score (nSPS) is 22.2. The molecule has 1 aromatic heterocycles. The predicted octanol–water partition coefficient (Wildman–Crippen LogP) is 2.12. The lowest BCUT2D eigenvalue weighted by molar-refractivity contribution is 0.321. The number of nitrogens with one attached hydrogen (secondary N) is 1. The molecule has 1 aliphatic rings. The highest BCUT2D eigenvalue weighted by Crippen LogP contribution is 2.24. The Morgan fingerprint density at radius 2 is 2.33 bits per heavy atom. The maximum Gasteiger partial charge on any atom is 0.205 e. The van der Waals surface area contributed by atoms with Gasteiger partial charge in [-0.2, -0.15) is 0 Å². The summed E-state index contributed by atoms with van der Waals surface area (Å²) in [4.78, 5) is 6.97. The van der Waals surface area contributed by atoms with E-state index >= 15 is 0 Å². The first-order chi connectivity index (χ1) is 8.76. The summed E-state index contributed by atoms with van der Waals surface area (Å²) >= 11 is 0. The van der Waals surface area contributed by atoms with Gasteiger partial charge in [0.15, 0.2) is 0 Å². The van der Waals surface area contributed by atoms with Crippen LogP contribution in [0.25, 0.3) is 0 Å². The summed E-state index contributed by atoms with van der Waals surface area (Å²) in [5.41, 5.74) is 0. The van der Waals surface area contributed by atoms with Gasteiger partial charge in [0.25, 0.3) is 0 Å². The second-order valence-corrected chi connectivity index (χ2v) is 5.21. The maximum absolute atomic E-state index is 4.52. The number of piperidine rings is 1. The molecule has 1 aromatic rings. The van der Waals surface area contributed by atoms with Gasteiger partial charge in [-0.25, -0.2) is 4.98 Å². The third-order valence-corrected chi connectivity index (χ3v) is 4.01. The molecule has 0 spiro atoms. The minimum Gasteiger partial charge on any atom is -0.342 e. The third-order valence-electron chi connectivity index (χ3n) is 4.01. The van der Waals surface area contributed by atoms with Crippen molar-refractivity contribution in [2.45, 2.75) is 46.2 Å². The zero-order valence-corrected chi connectivity index (χ0v) is 11.9. The van der Waals surface area contributed by atoms with Crippen molar-refractivity contribution in [1.29, 1.82) is 0 Å². The van der Waals surface area contributed by atoms with Crippen molar-refractivity contribution in [3.05, 3.63) is 12.4 Å². The Bertz CT molecular complexity index is 360. The topological polar surface area (TPSA) is 33.1 Å². The number of aromatic nitrogens is 2. The molecule has 2 heterocycles. The second kappa shape index (κ2) is 6.23. The fourth-order valence-electron chi connectivity index (χ4n) is 2.92. The fraction of sp³-hybridized carbons (Fsp3) is 0.786. The molecule has 1 fully saturated rings. The molecule has 1 saturated heterocycles. The average Bonchev–Trinajstić information content (AvgIpc) is 2.87. The lowest BCUT2D eigenvalue weighted by Crippen LogP contribution is -2.45. The van der Waals surface area contributed by atoms with E-state index in [1.54, 1.807) is 0 Å². The lowest BCUT2D eigenvalue weighted by Gasteiger charge is -2.36. The van der Waals surface area contributed by atoms with Crippen LogP contribution in [-0.2, 0) is 6.54 Å². The summed E-state index contributed by atoms with van der Waals surface area (Å²) in [6.45, 7) is 11.0. The summed E-state index contributed by atoms with van der Waals surface area (Å²) in [5, 5.41) is 3.56. The van der Waals surface area contributed by atoms with E-state index in [9.17, 15) is 0 Å². The highest BCUT2D eigenvalue weighted by atomic mass is 15.3. The van der Waals surface area contributed by atoms with Crippen LogP contribution in [0.15, 0.2) is 12.4 Å². The minimum atomic E-state index is 0.600. The molecule has 102 valence electrons. The Morgan fingerprint density at radius 1 is 1.50 bits per heavy atom. The molecule has 0 bridgehead atoms. The average molecular weight is 250 g/mol. The number of rotatable bonds is 5. The smallest absolute Gasteiger partial charge is 0.205 e. The summed E-state index contributed by atoms with van der Waals surface area (Å²) in [6, 6.07) is 0.600. The molecule has 0 amide bonds. The zero-order valence-electron chi connectivity index (χ0n) is 11.9. The summed E-state index contributed by atoms with van der Waals surface area (Å²) in [6.07, 6.45) is 6.59. The first-order valence-corrected chi connectivity index (χ1v) is 7.25. The lowest BCUT2D eigenvalue weighted by atomic mass is 9.92. The van der Waals surface area contributed by atoms with E-state index in [1.807, 2.05) is 6.20 Å². The van der Waals surface area contributed by atoms with Crippen LogP contribution in [-0.4, -0.2) is 35.2 Å². The monoisotopic (exact) mass is 250 g/mol. The summed E-state index contributed by atoms with van der Waals surface area (Å²) in [5.74, 6) is 1.88. The molecule has 0 radical (unpaired) electrons. The van der Waals surface area contributed by atoms with E-state index < -0.39 is 0 Å². The first kappa shape index (κ1) is 13.4. The molecule has 0 aromatic carbocycles. The molecule has 1 aliphatic heterocycles. The molecule has 2 rings (SSSR count). The van der Waals surface area contributed by atoms with Crippen LogP contribution in [0.2, 0.25) is 0 Å². The Balaban J connectivity index is 2.02. The number of imidazole rings is 1. The molecular weight excluding hydrogens is 224 g/mol. The van der Waals surface area contributed by atoms with E-state index in [1.165, 1.54) is 12.8 Å². The second-order valence-electron chi connectivity index (χ2n) is 5.21. The minimum absolute atomic E-state index is 0.600. The van der Waals surface area contributed by atoms with Gasteiger partial charge in [0, 0.05) is 38.1 Å². The zero-order chi connectivity index (χ0) is 13.0. The third kappa shape index (κ3) is 2.86. The number of hydrogen-bond acceptors (Lipinski definition) is 3. The Labute approximate surface area is 110 Å². The summed E-state index contributed by atoms with van der Waals surface area (Å²) in [7, 11) is 0. The Morgan fingerprint density at radius 3 is 3.06 bits per heavy atom. The first-order valence-electron chi connectivity index (χ1n) is 7.25. The van der Waals surface area contributed by atoms with Gasteiger partial charge in [0.2, 0.25) is 5.95 Å². The van der Waals surface area contributed by atoms with Crippen molar-refractivity contribution in [2.24, 2.45) is 5.92 Å². The molecule has 0 aliphatic carbocycles. The van der Waals surface area contributed by atoms with Gasteiger partial charge >= 0.3 is 0 Å². The van der Waals surface area contributed by atoms with Crippen LogP contribution in [0.4, 0.5) is 5.95 Å². The number of hydrogen-bond donors (Lipinski definition) is 1. The number of aryl methyl sites for hydroxylation is 1. The van der Waals surface area contributed by atoms with Crippen molar-refractivity contribution in [3.63, 3.8) is 0 Å². The van der Waals surface area contributed by atoms with E-state index in [2.05, 4.69) is 46.7 Å². The molecule has 4 heteroatoms. The van der Waals surface area contributed by atoms with E-state index in [0.717, 1.165) is 38.0 Å².